The topological polar surface area (TPSA) is 83.9 Å². The summed E-state index contributed by atoms with van der Waals surface area (Å²) in [5, 5.41) is 4.19. The van der Waals surface area contributed by atoms with Gasteiger partial charge in [-0.25, -0.2) is 21.9 Å². The van der Waals surface area contributed by atoms with Gasteiger partial charge < -0.3 is 9.74 Å². The molecule has 1 aliphatic carbocycles. The number of nitrogens with one attached hydrogen (secondary N) is 1. The lowest BCUT2D eigenvalue weighted by Gasteiger charge is -2.18. The highest BCUT2D eigenvalue weighted by Gasteiger charge is 2.37. The monoisotopic (exact) mass is 438 g/mol. The molecule has 1 saturated heterocycles. The fourth-order valence-corrected chi connectivity index (χ4v) is 4.99. The molecule has 1 aromatic rings. The Balaban J connectivity index is 1.51. The normalized spacial score (nSPS) is 26.8. The number of pyridine rings is 1. The van der Waals surface area contributed by atoms with Crippen LogP contribution in [-0.2, 0) is 14.9 Å². The summed E-state index contributed by atoms with van der Waals surface area (Å²) in [6.45, 7) is 4.96. The second kappa shape index (κ2) is 7.73. The van der Waals surface area contributed by atoms with Crippen LogP contribution in [0.1, 0.15) is 42.7 Å². The predicted molar refractivity (Wildman–Crippen MR) is 109 cm³/mol. The van der Waals surface area contributed by atoms with Gasteiger partial charge >= 0.3 is 0 Å². The molecule has 0 aromatic carbocycles. The van der Waals surface area contributed by atoms with Crippen molar-refractivity contribution < 1.29 is 22.0 Å². The van der Waals surface area contributed by atoms with E-state index in [1.54, 1.807) is 12.3 Å². The number of aryl methyl sites for hydroxylation is 1. The molecule has 3 heterocycles. The Hall–Kier alpha value is -2.33. The third kappa shape index (κ3) is 4.24. The van der Waals surface area contributed by atoms with Gasteiger partial charge in [0.25, 0.3) is 0 Å². The van der Waals surface area contributed by atoms with Crippen LogP contribution in [0.2, 0.25) is 0 Å². The van der Waals surface area contributed by atoms with E-state index >= 15 is 0 Å². The van der Waals surface area contributed by atoms with E-state index in [4.69, 9.17) is 4.84 Å². The molecule has 1 aromatic heterocycles. The van der Waals surface area contributed by atoms with Gasteiger partial charge in [0.15, 0.2) is 6.10 Å². The quantitative estimate of drug-likeness (QED) is 0.782. The summed E-state index contributed by atoms with van der Waals surface area (Å²) in [5.41, 5.74) is 2.15. The van der Waals surface area contributed by atoms with Crippen molar-refractivity contribution in [1.82, 2.24) is 14.6 Å². The van der Waals surface area contributed by atoms with Crippen molar-refractivity contribution in [3.63, 3.8) is 0 Å². The van der Waals surface area contributed by atoms with E-state index in [-0.39, 0.29) is 24.0 Å². The Bertz CT molecular complexity index is 1070. The summed E-state index contributed by atoms with van der Waals surface area (Å²) in [6.07, 6.45) is 3.52. The van der Waals surface area contributed by atoms with Crippen molar-refractivity contribution in [2.24, 2.45) is 11.1 Å². The number of nitrogens with zero attached hydrogens (tertiary/aromatic N) is 3. The Labute approximate surface area is 174 Å². The second-order valence-corrected chi connectivity index (χ2v) is 10.0. The highest BCUT2D eigenvalue weighted by atomic mass is 32.2. The number of amidine groups is 1. The molecule has 0 bridgehead atoms. The van der Waals surface area contributed by atoms with E-state index in [2.05, 4.69) is 14.9 Å². The molecule has 4 rings (SSSR count). The van der Waals surface area contributed by atoms with Crippen LogP contribution >= 0.6 is 0 Å². The lowest BCUT2D eigenvalue weighted by molar-refractivity contribution is 0.0822. The summed E-state index contributed by atoms with van der Waals surface area (Å²) in [7, 11) is -3.30. The van der Waals surface area contributed by atoms with Crippen molar-refractivity contribution in [3.8, 4) is 0 Å². The van der Waals surface area contributed by atoms with Gasteiger partial charge in [0, 0.05) is 49.0 Å². The van der Waals surface area contributed by atoms with Gasteiger partial charge in [0.05, 0.1) is 18.4 Å². The second-order valence-electron chi connectivity index (χ2n) is 8.22. The molecule has 1 N–H and O–H groups in total. The Kier molecular flexibility index (Phi) is 5.39. The lowest BCUT2D eigenvalue weighted by atomic mass is 9.97. The maximum atomic E-state index is 14.3. The molecule has 7 nitrogen and oxygen atoms in total. The average molecular weight is 439 g/mol. The fourth-order valence-electron chi connectivity index (χ4n) is 4.14. The molecule has 0 radical (unpaired) electrons. The number of allylic oxidation sites excluding steroid dienone is 4. The first-order valence-corrected chi connectivity index (χ1v) is 11.7. The van der Waals surface area contributed by atoms with Gasteiger partial charge in [0.1, 0.15) is 17.5 Å². The molecule has 0 spiro atoms. The van der Waals surface area contributed by atoms with Crippen LogP contribution in [0.5, 0.6) is 0 Å². The zero-order valence-corrected chi connectivity index (χ0v) is 17.8. The SMILES string of the molecule is Cc1cnc([C@@H]2CC(N3C[C@@H](C)[C@H](NS(C)(=O)=O)C3)=NO2)c(C2=C(F)C=C(F)C2)c1. The van der Waals surface area contributed by atoms with E-state index in [9.17, 15) is 17.2 Å². The number of aromatic nitrogens is 1. The van der Waals surface area contributed by atoms with Gasteiger partial charge in [-0.15, -0.1) is 0 Å². The molecular formula is C20H24F2N4O3S. The minimum Gasteiger partial charge on any atom is -0.384 e. The van der Waals surface area contributed by atoms with Crippen LogP contribution in [0.25, 0.3) is 5.57 Å². The van der Waals surface area contributed by atoms with Crippen LogP contribution < -0.4 is 4.72 Å². The van der Waals surface area contributed by atoms with E-state index in [0.717, 1.165) is 17.9 Å². The van der Waals surface area contributed by atoms with E-state index < -0.39 is 27.8 Å². The van der Waals surface area contributed by atoms with E-state index in [0.29, 0.717) is 36.6 Å². The number of oxime groups is 1. The van der Waals surface area contributed by atoms with Gasteiger partial charge in [-0.2, -0.15) is 0 Å². The number of likely N-dealkylation sites (tertiary alicyclic amines) is 1. The first kappa shape index (κ1) is 20.9. The zero-order valence-electron chi connectivity index (χ0n) is 17.0. The smallest absolute Gasteiger partial charge is 0.209 e. The van der Waals surface area contributed by atoms with Crippen molar-refractivity contribution in [2.75, 3.05) is 19.3 Å². The molecule has 3 atom stereocenters. The highest BCUT2D eigenvalue weighted by Crippen LogP contribution is 2.40. The van der Waals surface area contributed by atoms with Crippen LogP contribution in [0.3, 0.4) is 0 Å². The summed E-state index contributed by atoms with van der Waals surface area (Å²) in [6, 6.07) is 1.58. The molecular weight excluding hydrogens is 414 g/mol. The van der Waals surface area contributed by atoms with Gasteiger partial charge in [-0.3, -0.25) is 4.98 Å². The molecule has 3 aliphatic rings. The van der Waals surface area contributed by atoms with E-state index in [1.165, 1.54) is 0 Å². The Morgan fingerprint density at radius 1 is 1.30 bits per heavy atom. The molecule has 1 fully saturated rings. The summed E-state index contributed by atoms with van der Waals surface area (Å²) in [4.78, 5) is 12.1. The molecule has 10 heteroatoms. The lowest BCUT2D eigenvalue weighted by Crippen LogP contribution is -2.39. The largest absolute Gasteiger partial charge is 0.384 e. The summed E-state index contributed by atoms with van der Waals surface area (Å²) < 4.78 is 53.7. The van der Waals surface area contributed by atoms with Crippen LogP contribution in [0.15, 0.2) is 35.1 Å². The zero-order chi connectivity index (χ0) is 21.6. The maximum absolute atomic E-state index is 14.3. The van der Waals surface area contributed by atoms with Crippen LogP contribution in [0.4, 0.5) is 8.78 Å². The molecule has 0 unspecified atom stereocenters. The molecule has 30 heavy (non-hydrogen) atoms. The molecule has 0 amide bonds. The third-order valence-electron chi connectivity index (χ3n) is 5.60. The Morgan fingerprint density at radius 2 is 2.07 bits per heavy atom. The number of hydrogen-bond donors (Lipinski definition) is 1. The van der Waals surface area contributed by atoms with Crippen molar-refractivity contribution in [2.45, 2.75) is 38.8 Å². The van der Waals surface area contributed by atoms with Gasteiger partial charge in [-0.1, -0.05) is 12.1 Å². The predicted octanol–water partition coefficient (Wildman–Crippen LogP) is 2.97. The van der Waals surface area contributed by atoms with E-state index in [1.807, 2.05) is 18.7 Å². The Morgan fingerprint density at radius 3 is 2.73 bits per heavy atom. The minimum atomic E-state index is -3.30. The standard InChI is InChI=1S/C20H24F2N4O3S/c1-11-4-15(14-5-13(21)6-16(14)22)20(23-8-11)18-7-19(24-29-18)26-9-12(2)17(10-26)25-30(3,27)28/h4,6,8,12,17-18,25H,5,7,9-10H2,1-3H3/t12-,17-,18+/m1/s1. The first-order valence-electron chi connectivity index (χ1n) is 9.77. The maximum Gasteiger partial charge on any atom is 0.209 e. The number of rotatable bonds is 4. The van der Waals surface area contributed by atoms with Crippen LogP contribution in [-0.4, -0.2) is 49.5 Å². The van der Waals surface area contributed by atoms with Gasteiger partial charge in [0.2, 0.25) is 10.0 Å². The fraction of sp³-hybridized carbons (Fsp3) is 0.500. The number of halogens is 2. The third-order valence-corrected chi connectivity index (χ3v) is 6.33. The van der Waals surface area contributed by atoms with Crippen molar-refractivity contribution >= 4 is 21.4 Å². The number of hydrogen-bond acceptors (Lipinski definition) is 6. The molecule has 2 aliphatic heterocycles. The van der Waals surface area contributed by atoms with Gasteiger partial charge in [-0.05, 0) is 24.5 Å². The summed E-state index contributed by atoms with van der Waals surface area (Å²) >= 11 is 0. The molecule has 0 saturated carbocycles. The summed E-state index contributed by atoms with van der Waals surface area (Å²) in [5.74, 6) is -0.303. The molecule has 162 valence electrons. The van der Waals surface area contributed by atoms with Crippen molar-refractivity contribution in [1.29, 1.82) is 0 Å². The average Bonchev–Trinajstić information content (AvgIpc) is 3.33. The van der Waals surface area contributed by atoms with Crippen molar-refractivity contribution in [3.05, 3.63) is 46.8 Å². The van der Waals surface area contributed by atoms with Crippen LogP contribution in [0, 0.1) is 12.8 Å². The number of sulfonamides is 1. The highest BCUT2D eigenvalue weighted by molar-refractivity contribution is 7.88. The minimum absolute atomic E-state index is 0.104. The first-order chi connectivity index (χ1) is 14.1.